The van der Waals surface area contributed by atoms with Gasteiger partial charge in [-0.25, -0.2) is 27.6 Å². The van der Waals surface area contributed by atoms with Gasteiger partial charge in [-0.05, 0) is 60.9 Å². The van der Waals surface area contributed by atoms with E-state index in [1.807, 2.05) is 13.0 Å². The average molecular weight is 658 g/mol. The molecule has 1 N–H and O–H groups in total. The number of aromatic carboxylic acids is 1. The molecule has 1 aliphatic rings. The van der Waals surface area contributed by atoms with Gasteiger partial charge in [-0.2, -0.15) is 5.10 Å². The summed E-state index contributed by atoms with van der Waals surface area (Å²) in [6.45, 7) is 2.30. The first-order valence-corrected chi connectivity index (χ1v) is 15.3. The lowest BCUT2D eigenvalue weighted by Gasteiger charge is -2.28. The molecule has 10 nitrogen and oxygen atoms in total. The van der Waals surface area contributed by atoms with Crippen molar-refractivity contribution >= 4 is 27.8 Å². The van der Waals surface area contributed by atoms with E-state index in [1.165, 1.54) is 33.6 Å². The Kier molecular flexibility index (Phi) is 8.21. The molecule has 6 aromatic rings. The third-order valence-electron chi connectivity index (χ3n) is 8.57. The molecule has 7 rings (SSSR count). The van der Waals surface area contributed by atoms with Gasteiger partial charge in [-0.1, -0.05) is 24.3 Å². The number of carboxylic acids is 1. The third kappa shape index (κ3) is 6.04. The lowest BCUT2D eigenvalue weighted by Crippen LogP contribution is -2.35. The highest BCUT2D eigenvalue weighted by molar-refractivity contribution is 5.93. The molecule has 4 heterocycles. The van der Waals surface area contributed by atoms with E-state index in [0.717, 1.165) is 22.9 Å². The van der Waals surface area contributed by atoms with Crippen LogP contribution in [0.2, 0.25) is 0 Å². The Bertz CT molecular complexity index is 2240. The van der Waals surface area contributed by atoms with Crippen LogP contribution in [0.1, 0.15) is 33.5 Å². The average Bonchev–Trinajstić information content (AvgIpc) is 3.56. The lowest BCUT2D eigenvalue weighted by atomic mass is 10.0. The van der Waals surface area contributed by atoms with Crippen molar-refractivity contribution in [3.8, 4) is 17.1 Å². The van der Waals surface area contributed by atoms with Gasteiger partial charge in [0.25, 0.3) is 12.0 Å². The number of hydrogen-bond donors (Lipinski definition) is 1. The second-order valence-corrected chi connectivity index (χ2v) is 11.8. The van der Waals surface area contributed by atoms with E-state index in [9.17, 15) is 23.5 Å². The van der Waals surface area contributed by atoms with Crippen molar-refractivity contribution in [3.63, 3.8) is 0 Å². The summed E-state index contributed by atoms with van der Waals surface area (Å²) in [5, 5.41) is 14.6. The van der Waals surface area contributed by atoms with E-state index in [-0.39, 0.29) is 35.9 Å². The zero-order valence-corrected chi connectivity index (χ0v) is 25.8. The van der Waals surface area contributed by atoms with Gasteiger partial charge in [0, 0.05) is 29.2 Å². The van der Waals surface area contributed by atoms with E-state index >= 15 is 4.39 Å². The van der Waals surface area contributed by atoms with E-state index in [2.05, 4.69) is 10.1 Å². The monoisotopic (exact) mass is 657 g/mol. The molecule has 0 radical (unpaired) electrons. The SMILES string of the molecule is Cc1cc(Cn2c(=O)c3ccc(C(=O)O)cc3n2CC2CCO2)c(F)cc1-c1cccc(OCc2ccc3cnn(CC(F)F)c3c2)n1. The van der Waals surface area contributed by atoms with Gasteiger partial charge < -0.3 is 14.6 Å². The highest BCUT2D eigenvalue weighted by Gasteiger charge is 2.24. The van der Waals surface area contributed by atoms with Crippen LogP contribution in [0, 0.1) is 12.7 Å². The Hall–Kier alpha value is -5.43. The Labute approximate surface area is 271 Å². The molecule has 0 bridgehead atoms. The number of aryl methyl sites for hydroxylation is 1. The fourth-order valence-electron chi connectivity index (χ4n) is 6.00. The number of benzene rings is 3. The maximum atomic E-state index is 15.8. The van der Waals surface area contributed by atoms with Crippen LogP contribution in [0.25, 0.3) is 33.1 Å². The predicted molar refractivity (Wildman–Crippen MR) is 171 cm³/mol. The molecule has 13 heteroatoms. The zero-order chi connectivity index (χ0) is 33.5. The minimum absolute atomic E-state index is 0.0476. The summed E-state index contributed by atoms with van der Waals surface area (Å²) in [7, 11) is 0. The van der Waals surface area contributed by atoms with Crippen molar-refractivity contribution in [2.75, 3.05) is 6.61 Å². The van der Waals surface area contributed by atoms with E-state index in [1.54, 1.807) is 47.3 Å². The molecule has 0 aliphatic carbocycles. The van der Waals surface area contributed by atoms with Gasteiger partial charge in [-0.3, -0.25) is 14.2 Å². The number of alkyl halides is 2. The number of fused-ring (bicyclic) bond motifs is 2. The van der Waals surface area contributed by atoms with E-state index in [4.69, 9.17) is 9.47 Å². The van der Waals surface area contributed by atoms with Gasteiger partial charge in [0.1, 0.15) is 19.0 Å². The van der Waals surface area contributed by atoms with Crippen molar-refractivity contribution in [2.45, 2.75) is 52.1 Å². The first kappa shape index (κ1) is 31.2. The Morgan fingerprint density at radius 2 is 1.92 bits per heavy atom. The Morgan fingerprint density at radius 3 is 2.67 bits per heavy atom. The number of halogens is 3. The van der Waals surface area contributed by atoms with Gasteiger partial charge >= 0.3 is 5.97 Å². The molecule has 0 spiro atoms. The number of carbonyl (C=O) groups is 1. The molecule has 0 amide bonds. The number of rotatable bonds is 11. The molecule has 1 aliphatic heterocycles. The second kappa shape index (κ2) is 12.6. The standard InChI is InChI=1S/C35H30F3N5O5/c1-20-11-24(16-43-34(44)26-8-7-22(35(45)46)13-31(26)42(43)17-25-9-10-47-25)28(36)14-27(20)29-3-2-4-33(40-29)48-19-21-5-6-23-15-39-41(18-32(37)38)30(23)12-21/h2-8,11-15,25,32H,9-10,16-19H2,1H3,(H,45,46). The van der Waals surface area contributed by atoms with Gasteiger partial charge in [-0.15, -0.1) is 0 Å². The van der Waals surface area contributed by atoms with Crippen molar-refractivity contribution in [1.82, 2.24) is 24.1 Å². The minimum Gasteiger partial charge on any atom is -0.478 e. The molecule has 1 fully saturated rings. The van der Waals surface area contributed by atoms with Crippen LogP contribution < -0.4 is 10.3 Å². The first-order valence-electron chi connectivity index (χ1n) is 15.3. The fraction of sp³-hybridized carbons (Fsp3) is 0.257. The highest BCUT2D eigenvalue weighted by Crippen LogP contribution is 2.28. The van der Waals surface area contributed by atoms with Crippen LogP contribution in [-0.4, -0.2) is 54.3 Å². The van der Waals surface area contributed by atoms with Gasteiger partial charge in [0.05, 0.1) is 53.1 Å². The van der Waals surface area contributed by atoms with Crippen LogP contribution in [0.3, 0.4) is 0 Å². The van der Waals surface area contributed by atoms with Crippen molar-refractivity contribution in [2.24, 2.45) is 0 Å². The molecule has 1 saturated heterocycles. The molecule has 1 atom stereocenters. The molecule has 246 valence electrons. The molecule has 3 aromatic carbocycles. The van der Waals surface area contributed by atoms with Gasteiger partial charge in [0.15, 0.2) is 0 Å². The maximum absolute atomic E-state index is 15.8. The molecular weight excluding hydrogens is 627 g/mol. The lowest BCUT2D eigenvalue weighted by molar-refractivity contribution is -0.0618. The zero-order valence-electron chi connectivity index (χ0n) is 25.8. The number of nitrogens with zero attached hydrogens (tertiary/aromatic N) is 5. The number of pyridine rings is 1. The Morgan fingerprint density at radius 1 is 1.08 bits per heavy atom. The largest absolute Gasteiger partial charge is 0.478 e. The van der Waals surface area contributed by atoms with E-state index < -0.39 is 24.8 Å². The van der Waals surface area contributed by atoms with Crippen molar-refractivity contribution in [3.05, 3.63) is 111 Å². The van der Waals surface area contributed by atoms with Crippen molar-refractivity contribution in [1.29, 1.82) is 0 Å². The number of ether oxygens (including phenoxy) is 2. The van der Waals surface area contributed by atoms with E-state index in [0.29, 0.717) is 46.7 Å². The molecule has 0 saturated carbocycles. The van der Waals surface area contributed by atoms with Crippen LogP contribution in [0.15, 0.2) is 77.7 Å². The highest BCUT2D eigenvalue weighted by atomic mass is 19.3. The number of carboxylic acid groups (broad SMARTS) is 1. The summed E-state index contributed by atoms with van der Waals surface area (Å²) in [5.41, 5.74) is 3.49. The smallest absolute Gasteiger partial charge is 0.335 e. The predicted octanol–water partition coefficient (Wildman–Crippen LogP) is 6.04. The van der Waals surface area contributed by atoms with Crippen LogP contribution in [0.5, 0.6) is 5.88 Å². The molecular formula is C35H30F3N5O5. The first-order chi connectivity index (χ1) is 23.1. The molecule has 1 unspecified atom stereocenters. The van der Waals surface area contributed by atoms with Gasteiger partial charge in [0.2, 0.25) is 5.88 Å². The summed E-state index contributed by atoms with van der Waals surface area (Å²) >= 11 is 0. The van der Waals surface area contributed by atoms with Crippen molar-refractivity contribution < 1.29 is 32.5 Å². The van der Waals surface area contributed by atoms with Crippen LogP contribution >= 0.6 is 0 Å². The van der Waals surface area contributed by atoms with Crippen LogP contribution in [0.4, 0.5) is 13.2 Å². The summed E-state index contributed by atoms with van der Waals surface area (Å²) in [6, 6.07) is 17.9. The Balaban J connectivity index is 1.14. The summed E-state index contributed by atoms with van der Waals surface area (Å²) in [5.74, 6) is -1.35. The fourth-order valence-corrected chi connectivity index (χ4v) is 6.00. The third-order valence-corrected chi connectivity index (χ3v) is 8.57. The quantitative estimate of drug-likeness (QED) is 0.181. The van der Waals surface area contributed by atoms with Crippen LogP contribution in [-0.2, 0) is 31.0 Å². The minimum atomic E-state index is -2.53. The second-order valence-electron chi connectivity index (χ2n) is 11.8. The topological polar surface area (TPSA) is 113 Å². The summed E-state index contributed by atoms with van der Waals surface area (Å²) in [6.07, 6.45) is -0.324. The number of aromatic nitrogens is 5. The molecule has 3 aromatic heterocycles. The summed E-state index contributed by atoms with van der Waals surface area (Å²) in [4.78, 5) is 29.7. The summed E-state index contributed by atoms with van der Waals surface area (Å²) < 4.78 is 57.6. The maximum Gasteiger partial charge on any atom is 0.335 e. The number of hydrogen-bond acceptors (Lipinski definition) is 6. The normalized spacial score (nSPS) is 14.6. The molecule has 48 heavy (non-hydrogen) atoms.